The molecule has 0 rings (SSSR count). The lowest BCUT2D eigenvalue weighted by molar-refractivity contribution is 0.288. The van der Waals surface area contributed by atoms with Crippen molar-refractivity contribution in [2.75, 3.05) is 7.11 Å². The first kappa shape index (κ1) is 153. The van der Waals surface area contributed by atoms with E-state index in [0.717, 1.165) is 26.2 Å². The van der Waals surface area contributed by atoms with Gasteiger partial charge in [-0.2, -0.15) is 0 Å². The largest absolute Gasteiger partial charge is 0.439 e. The number of hydrogen-bond donors (Lipinski definition) is 41. The third-order valence-corrected chi connectivity index (χ3v) is 532. The fraction of sp³-hybridized carbons (Fsp3) is 1.00. The second kappa shape index (κ2) is 65.7. The molecule has 141 heavy (non-hydrogen) atoms. The Balaban J connectivity index is 20.1. The molecule has 0 aromatic carbocycles. The van der Waals surface area contributed by atoms with Gasteiger partial charge in [0.25, 0.3) is 109 Å². The zero-order valence-electron chi connectivity index (χ0n) is 72.2. The monoisotopic (exact) mass is 3060 g/mol. The van der Waals surface area contributed by atoms with Crippen molar-refractivity contribution >= 4 is 562 Å². The first-order chi connectivity index (χ1) is 65.7. The maximum Gasteiger partial charge on any atom is 0.420 e. The van der Waals surface area contributed by atoms with E-state index in [-0.39, 0.29) is 0 Å². The van der Waals surface area contributed by atoms with Crippen LogP contribution in [-0.4, -0.2) is 766 Å². The van der Waals surface area contributed by atoms with Gasteiger partial charge in [-0.05, 0) is 72.0 Å². The topological polar surface area (TPSA) is 1040 Å². The molecule has 769 valence electrons. The summed E-state index contributed by atoms with van der Waals surface area (Å²) in [6, 6.07) is 0. The summed E-state index contributed by atoms with van der Waals surface area (Å²) in [6.45, 7) is -108. The molecular formula is C12H77O64Si65. The van der Waals surface area contributed by atoms with Crippen molar-refractivity contribution in [3.8, 4) is 0 Å². The summed E-state index contributed by atoms with van der Waals surface area (Å²) in [6.07, 6.45) is 0. The van der Waals surface area contributed by atoms with Gasteiger partial charge in [0.1, 0.15) is 0 Å². The molecule has 0 bridgehead atoms. The molecule has 0 spiro atoms. The lowest BCUT2D eigenvalue weighted by Gasteiger charge is -2.77. The highest BCUT2D eigenvalue weighted by Crippen LogP contribution is 2.63. The predicted octanol–water partition coefficient (Wildman–Crippen LogP) is -42.6. The molecule has 4 unspecified atom stereocenters. The zero-order chi connectivity index (χ0) is 110. The van der Waals surface area contributed by atoms with E-state index in [0.29, 0.717) is 33.3 Å². The van der Waals surface area contributed by atoms with Crippen molar-refractivity contribution < 1.29 is 292 Å². The van der Waals surface area contributed by atoms with E-state index in [2.05, 4.69) is 9.76 Å². The van der Waals surface area contributed by atoms with Crippen LogP contribution in [-0.2, 0) is 95.0 Å². The Hall–Kier alpha value is 11.5. The van der Waals surface area contributed by atoms with E-state index in [1.165, 1.54) is 19.6 Å². The van der Waals surface area contributed by atoms with E-state index >= 15 is 0 Å². The van der Waals surface area contributed by atoms with Crippen LogP contribution in [0.25, 0.3) is 0 Å². The molecule has 64 nitrogen and oxygen atoms in total. The summed E-state index contributed by atoms with van der Waals surface area (Å²) in [7, 11) is -191. The molecule has 0 aromatic heterocycles. The molecule has 0 aliphatic rings. The quantitative estimate of drug-likeness (QED) is 0.0251. The highest BCUT2D eigenvalue weighted by Gasteiger charge is 3.10. The van der Waals surface area contributed by atoms with Crippen molar-refractivity contribution in [3.63, 3.8) is 0 Å². The van der Waals surface area contributed by atoms with Gasteiger partial charge in [0.15, 0.2) is 8.32 Å². The van der Waals surface area contributed by atoms with Crippen molar-refractivity contribution in [1.29, 1.82) is 0 Å². The van der Waals surface area contributed by atoms with Gasteiger partial charge < -0.3 is 292 Å². The second-order valence-electron chi connectivity index (χ2n) is 28.3. The van der Waals surface area contributed by atoms with Crippen LogP contribution in [0.15, 0.2) is 0 Å². The van der Waals surface area contributed by atoms with E-state index < -0.39 is 553 Å². The van der Waals surface area contributed by atoms with Gasteiger partial charge in [0.05, 0.1) is 9.76 Å². The lowest BCUT2D eigenvalue weighted by Crippen LogP contribution is -3.22. The molecule has 0 saturated heterocycles. The van der Waals surface area contributed by atoms with Gasteiger partial charge in [-0.1, -0.05) is 0 Å². The van der Waals surface area contributed by atoms with Crippen LogP contribution >= 0.6 is 0 Å². The van der Waals surface area contributed by atoms with Gasteiger partial charge in [0.2, 0.25) is 237 Å². The third-order valence-electron chi connectivity index (χ3n) is 17.8. The summed E-state index contributed by atoms with van der Waals surface area (Å²) >= 11 is 0. The van der Waals surface area contributed by atoms with Crippen molar-refractivity contribution in [2.45, 2.75) is 72.0 Å². The van der Waals surface area contributed by atoms with Crippen molar-refractivity contribution in [1.82, 2.24) is 0 Å². The van der Waals surface area contributed by atoms with Crippen LogP contribution < -0.4 is 0 Å². The first-order valence-corrected chi connectivity index (χ1v) is 166. The van der Waals surface area contributed by atoms with Gasteiger partial charge >= 0.3 is 199 Å². The predicted molar refractivity (Wildman–Crippen MR) is 560 cm³/mol. The number of hydrogen-bond acceptors (Lipinski definition) is 64. The highest BCUT2D eigenvalue weighted by atomic mass is 30.6. The summed E-state index contributed by atoms with van der Waals surface area (Å²) in [5.41, 5.74) is 0. The molecule has 0 heterocycles. The van der Waals surface area contributed by atoms with Crippen LogP contribution in [0, 0.1) is 0 Å². The lowest BCUT2D eigenvalue weighted by atomic mass is 11.8. The average molecular weight is 3070 g/mol. The smallest absolute Gasteiger partial charge is 0.420 e. The first-order valence-electron chi connectivity index (χ1n) is 34.8. The van der Waals surface area contributed by atoms with Gasteiger partial charge in [-0.3, -0.25) is 0 Å². The third kappa shape index (κ3) is 30.1. The van der Waals surface area contributed by atoms with Crippen LogP contribution in [0.2, 0.25) is 72.0 Å². The standard InChI is InChI=1S/C12H77O64Si65/c1-54-128(77,98-33)125(68-117(5,6)51,137(115-50,119(9,10)53)69-118(7,8)52)76-139(140(133(107-42,108-43)63-86-21,134(109-44,110-45)64-87-22)73-123(94-29,95-30)57-80-15,141(135(111-46,112-47)65-88-23,136(113-48,114-49)66-89-24)74-124(96-31,97-32)58-81-16)127(70-120(11,12)67-116(2,3)4,138(131(103-38,104-39)61-84-19,132(105-40,106-41)62-85-20)72-122(92-27,93-28)56-79-14)75-126(129(99-34,100-35)59-82-17,130(101-36,102-37)60-83-18)71-121(90-25,91-26)55-78-13/h13-53H,1-12H3. The fourth-order valence-electron chi connectivity index (χ4n) is 13.3. The maximum atomic E-state index is 14.9. The van der Waals surface area contributed by atoms with E-state index in [1.54, 1.807) is 0 Å². The Morgan fingerprint density at radius 1 is 0.184 bits per heavy atom. The molecule has 129 heteroatoms. The summed E-state index contributed by atoms with van der Waals surface area (Å²) < 4.78 is 167. The molecule has 0 fully saturated rings. The summed E-state index contributed by atoms with van der Waals surface area (Å²) in [5.74, 6) is 0. The molecule has 4 atom stereocenters. The minimum Gasteiger partial charge on any atom is -0.439 e. The Labute approximate surface area is 922 Å². The van der Waals surface area contributed by atoms with E-state index in [1.807, 2.05) is 0 Å². The summed E-state index contributed by atoms with van der Waals surface area (Å²) in [5, 5.41) is 0. The fourth-order valence-corrected chi connectivity index (χ4v) is 960. The Morgan fingerprint density at radius 2 is 0.404 bits per heavy atom. The van der Waals surface area contributed by atoms with E-state index in [4.69, 9.17) is 90.8 Å². The van der Waals surface area contributed by atoms with Gasteiger partial charge in [0, 0.05) is 7.11 Å². The SMILES string of the molecule is CO[Si]([Si])([Si]O)[Si](O[Si](C)(C)O)(O[Si]([Si](O[Si](C)(C)O[Si](C)(C)C)(O[Si](O[Si](O[Si]O)([Si]O)[Si]O)([Si](O[Si]O)([Si]O)[Si]O)[Si](O[Si]O)([Si]O)[Si]O)[Si](O[Si](O[Si]O)([Si]O)[Si]O)([Si](O[Si]O)([Si]O)[Si]O)[Si](O[Si]O)([Si]O)[Si]O)([Si](O[Si](O[Si]O)([Si]O)[Si]O)([Si](O[Si]O)([Si]O)[Si]O)[Si](O[Si]O)([Si]O)[Si]O)[Si](O[Si](O[Si]O)([Si]O)[Si]O)([Si](O[Si]O)([Si]O)[Si]O)[Si](O[Si]O)([Si]O)[Si]O)[Si](O[Si](C)(C)O)([Si]O)[Si](C)(C)O. The molecule has 0 aliphatic heterocycles. The van der Waals surface area contributed by atoms with Crippen LogP contribution in [0.5, 0.6) is 0 Å². The molecule has 0 aromatic rings. The van der Waals surface area contributed by atoms with Crippen LogP contribution in [0.4, 0.5) is 0 Å². The minimum absolute atomic E-state index is 0.508. The summed E-state index contributed by atoms with van der Waals surface area (Å²) in [4.78, 5) is 556. The normalized spacial score (nSPS) is 16.6. The van der Waals surface area contributed by atoms with Crippen LogP contribution in [0.3, 0.4) is 0 Å². The Bertz CT molecular complexity index is 3260. The molecule has 0 amide bonds. The highest BCUT2D eigenvalue weighted by molar-refractivity contribution is 8.35. The average Bonchev–Trinajstić information content (AvgIpc) is 0.610. The zero-order valence-corrected chi connectivity index (χ0v) is 137. The maximum absolute atomic E-state index is 14.9. The molecule has 0 aliphatic carbocycles. The van der Waals surface area contributed by atoms with Crippen LogP contribution in [0.1, 0.15) is 0 Å². The molecular weight excluding hydrogens is 2990 g/mol. The van der Waals surface area contributed by atoms with E-state index in [9.17, 15) is 201 Å². The molecule has 79 radical (unpaired) electrons. The molecule has 0 saturated carbocycles. The molecule has 41 N–H and O–H groups in total. The van der Waals surface area contributed by atoms with Gasteiger partial charge in [-0.25, -0.2) is 0 Å². The van der Waals surface area contributed by atoms with Crippen molar-refractivity contribution in [2.24, 2.45) is 0 Å². The second-order valence-corrected chi connectivity index (χ2v) is 309. The Morgan fingerprint density at radius 3 is 0.589 bits per heavy atom. The minimum atomic E-state index is -10.7. The Kier molecular flexibility index (Phi) is 71.1. The number of rotatable bonds is 86. The van der Waals surface area contributed by atoms with Gasteiger partial charge in [-0.15, -0.1) is 0 Å². The van der Waals surface area contributed by atoms with Crippen molar-refractivity contribution in [3.05, 3.63) is 0 Å².